The van der Waals surface area contributed by atoms with E-state index in [1.807, 2.05) is 73.8 Å². The standard InChI is InChI=1S/C25H24N2O2/c1-18-23(22-10-6-7-11-24(22)27(18)2)16-25(28)26-20-12-14-21(15-13-20)29-17-19-8-4-3-5-9-19/h3-15H,16-17H2,1-2H3,(H,26,28). The minimum atomic E-state index is -0.0255. The van der Waals surface area contributed by atoms with Gasteiger partial charge in [0.15, 0.2) is 0 Å². The lowest BCUT2D eigenvalue weighted by atomic mass is 10.1. The Hall–Kier alpha value is -3.53. The van der Waals surface area contributed by atoms with E-state index >= 15 is 0 Å². The maximum atomic E-state index is 12.6. The maximum Gasteiger partial charge on any atom is 0.228 e. The van der Waals surface area contributed by atoms with Gasteiger partial charge in [-0.3, -0.25) is 4.79 Å². The number of aromatic nitrogens is 1. The highest BCUT2D eigenvalue weighted by atomic mass is 16.5. The van der Waals surface area contributed by atoms with Crippen LogP contribution in [0.2, 0.25) is 0 Å². The molecule has 0 spiro atoms. The van der Waals surface area contributed by atoms with Crippen molar-refractivity contribution in [3.8, 4) is 5.75 Å². The van der Waals surface area contributed by atoms with Crippen molar-refractivity contribution in [3.05, 3.63) is 95.7 Å². The molecule has 0 aliphatic rings. The highest BCUT2D eigenvalue weighted by molar-refractivity contribution is 5.96. The number of nitrogens with zero attached hydrogens (tertiary/aromatic N) is 1. The molecule has 0 aliphatic heterocycles. The molecule has 146 valence electrons. The monoisotopic (exact) mass is 384 g/mol. The summed E-state index contributed by atoms with van der Waals surface area (Å²) >= 11 is 0. The van der Waals surface area contributed by atoms with Crippen molar-refractivity contribution in [2.75, 3.05) is 5.32 Å². The average Bonchev–Trinajstić information content (AvgIpc) is 2.99. The van der Waals surface area contributed by atoms with Gasteiger partial charge in [0, 0.05) is 29.3 Å². The van der Waals surface area contributed by atoms with Crippen molar-refractivity contribution in [2.45, 2.75) is 20.0 Å². The van der Waals surface area contributed by atoms with E-state index in [0.717, 1.165) is 39.2 Å². The Bertz CT molecular complexity index is 1130. The number of aryl methyl sites for hydroxylation is 1. The summed E-state index contributed by atoms with van der Waals surface area (Å²) in [5.74, 6) is 0.749. The molecule has 0 fully saturated rings. The molecule has 0 saturated heterocycles. The predicted octanol–water partition coefficient (Wildman–Crippen LogP) is 5.25. The van der Waals surface area contributed by atoms with Gasteiger partial charge in [-0.15, -0.1) is 0 Å². The lowest BCUT2D eigenvalue weighted by Crippen LogP contribution is -2.15. The summed E-state index contributed by atoms with van der Waals surface area (Å²) in [6.45, 7) is 2.58. The number of para-hydroxylation sites is 1. The van der Waals surface area contributed by atoms with Crippen molar-refractivity contribution in [2.24, 2.45) is 7.05 Å². The van der Waals surface area contributed by atoms with E-state index in [1.165, 1.54) is 0 Å². The molecule has 1 aromatic heterocycles. The van der Waals surface area contributed by atoms with Crippen LogP contribution >= 0.6 is 0 Å². The van der Waals surface area contributed by atoms with Crippen LogP contribution in [-0.2, 0) is 24.9 Å². The fraction of sp³-hybridized carbons (Fsp3) is 0.160. The Morgan fingerprint density at radius 2 is 1.62 bits per heavy atom. The van der Waals surface area contributed by atoms with Crippen LogP contribution in [0.1, 0.15) is 16.8 Å². The Labute approximate surface area is 170 Å². The second-order valence-electron chi connectivity index (χ2n) is 7.16. The summed E-state index contributed by atoms with van der Waals surface area (Å²) < 4.78 is 7.93. The van der Waals surface area contributed by atoms with Gasteiger partial charge in [-0.05, 0) is 48.4 Å². The van der Waals surface area contributed by atoms with Gasteiger partial charge in [-0.2, -0.15) is 0 Å². The van der Waals surface area contributed by atoms with Crippen LogP contribution in [0.5, 0.6) is 5.75 Å². The third-order valence-corrected chi connectivity index (χ3v) is 5.25. The molecular formula is C25H24N2O2. The van der Waals surface area contributed by atoms with Crippen molar-refractivity contribution >= 4 is 22.5 Å². The van der Waals surface area contributed by atoms with Crippen LogP contribution in [0.15, 0.2) is 78.9 Å². The number of rotatable bonds is 6. The predicted molar refractivity (Wildman–Crippen MR) is 117 cm³/mol. The summed E-state index contributed by atoms with van der Waals surface area (Å²) in [7, 11) is 2.03. The van der Waals surface area contributed by atoms with Gasteiger partial charge in [-0.25, -0.2) is 0 Å². The van der Waals surface area contributed by atoms with Gasteiger partial charge < -0.3 is 14.6 Å². The number of hydrogen-bond acceptors (Lipinski definition) is 2. The Morgan fingerprint density at radius 3 is 2.38 bits per heavy atom. The first-order valence-corrected chi connectivity index (χ1v) is 9.71. The zero-order chi connectivity index (χ0) is 20.2. The first kappa shape index (κ1) is 18.8. The van der Waals surface area contributed by atoms with Gasteiger partial charge in [0.1, 0.15) is 12.4 Å². The number of carbonyl (C=O) groups is 1. The number of amides is 1. The minimum Gasteiger partial charge on any atom is -0.489 e. The first-order chi connectivity index (χ1) is 14.1. The second kappa shape index (κ2) is 8.23. The summed E-state index contributed by atoms with van der Waals surface area (Å²) in [6, 6.07) is 25.7. The van der Waals surface area contributed by atoms with Crippen molar-refractivity contribution in [1.29, 1.82) is 0 Å². The van der Waals surface area contributed by atoms with E-state index < -0.39 is 0 Å². The molecule has 0 unspecified atom stereocenters. The van der Waals surface area contributed by atoms with Crippen molar-refractivity contribution in [3.63, 3.8) is 0 Å². The highest BCUT2D eigenvalue weighted by Gasteiger charge is 2.14. The maximum absolute atomic E-state index is 12.6. The molecule has 1 amide bonds. The third-order valence-electron chi connectivity index (χ3n) is 5.25. The molecule has 3 aromatic carbocycles. The van der Waals surface area contributed by atoms with E-state index in [1.54, 1.807) is 0 Å². The zero-order valence-corrected chi connectivity index (χ0v) is 16.7. The van der Waals surface area contributed by atoms with Crippen LogP contribution < -0.4 is 10.1 Å². The van der Waals surface area contributed by atoms with Crippen molar-refractivity contribution in [1.82, 2.24) is 4.57 Å². The lowest BCUT2D eigenvalue weighted by molar-refractivity contribution is -0.115. The molecule has 0 bridgehead atoms. The number of fused-ring (bicyclic) bond motifs is 1. The van der Waals surface area contributed by atoms with Crippen LogP contribution in [0.4, 0.5) is 5.69 Å². The molecule has 4 aromatic rings. The van der Waals surface area contributed by atoms with Crippen LogP contribution in [0, 0.1) is 6.92 Å². The Morgan fingerprint density at radius 1 is 0.931 bits per heavy atom. The van der Waals surface area contributed by atoms with Crippen LogP contribution in [0.25, 0.3) is 10.9 Å². The van der Waals surface area contributed by atoms with Gasteiger partial charge in [0.05, 0.1) is 6.42 Å². The number of anilines is 1. The number of nitrogens with one attached hydrogen (secondary N) is 1. The average molecular weight is 384 g/mol. The lowest BCUT2D eigenvalue weighted by Gasteiger charge is -2.09. The molecule has 1 heterocycles. The molecule has 4 rings (SSSR count). The molecular weight excluding hydrogens is 360 g/mol. The van der Waals surface area contributed by atoms with E-state index in [-0.39, 0.29) is 5.91 Å². The fourth-order valence-corrected chi connectivity index (χ4v) is 3.56. The van der Waals surface area contributed by atoms with Gasteiger partial charge in [0.2, 0.25) is 5.91 Å². The fourth-order valence-electron chi connectivity index (χ4n) is 3.56. The number of hydrogen-bond donors (Lipinski definition) is 1. The Balaban J connectivity index is 1.40. The minimum absolute atomic E-state index is 0.0255. The Kier molecular flexibility index (Phi) is 5.34. The molecule has 29 heavy (non-hydrogen) atoms. The largest absolute Gasteiger partial charge is 0.489 e. The quantitative estimate of drug-likeness (QED) is 0.494. The normalized spacial score (nSPS) is 10.8. The molecule has 0 atom stereocenters. The number of ether oxygens (including phenoxy) is 1. The molecule has 4 nitrogen and oxygen atoms in total. The SMILES string of the molecule is Cc1c(CC(=O)Nc2ccc(OCc3ccccc3)cc2)c2ccccc2n1C. The molecule has 0 saturated carbocycles. The number of carbonyl (C=O) groups excluding carboxylic acids is 1. The molecule has 0 radical (unpaired) electrons. The zero-order valence-electron chi connectivity index (χ0n) is 16.7. The topological polar surface area (TPSA) is 43.3 Å². The molecule has 0 aliphatic carbocycles. The second-order valence-corrected chi connectivity index (χ2v) is 7.16. The summed E-state index contributed by atoms with van der Waals surface area (Å²) in [4.78, 5) is 12.6. The smallest absolute Gasteiger partial charge is 0.228 e. The van der Waals surface area contributed by atoms with E-state index in [0.29, 0.717) is 13.0 Å². The highest BCUT2D eigenvalue weighted by Crippen LogP contribution is 2.25. The van der Waals surface area contributed by atoms with Crippen LogP contribution in [-0.4, -0.2) is 10.5 Å². The van der Waals surface area contributed by atoms with E-state index in [9.17, 15) is 4.79 Å². The van der Waals surface area contributed by atoms with Gasteiger partial charge in [0.25, 0.3) is 0 Å². The van der Waals surface area contributed by atoms with Gasteiger partial charge in [-0.1, -0.05) is 48.5 Å². The number of benzene rings is 3. The van der Waals surface area contributed by atoms with E-state index in [2.05, 4.69) is 28.9 Å². The summed E-state index contributed by atoms with van der Waals surface area (Å²) in [5, 5.41) is 4.12. The van der Waals surface area contributed by atoms with Gasteiger partial charge >= 0.3 is 0 Å². The summed E-state index contributed by atoms with van der Waals surface area (Å²) in [6.07, 6.45) is 0.347. The molecule has 1 N–H and O–H groups in total. The summed E-state index contributed by atoms with van der Waals surface area (Å²) in [5.41, 5.74) is 5.22. The van der Waals surface area contributed by atoms with E-state index in [4.69, 9.17) is 4.74 Å². The third kappa shape index (κ3) is 4.16. The molecule has 4 heteroatoms. The first-order valence-electron chi connectivity index (χ1n) is 9.71. The van der Waals surface area contributed by atoms with Crippen LogP contribution in [0.3, 0.4) is 0 Å². The van der Waals surface area contributed by atoms with Crippen molar-refractivity contribution < 1.29 is 9.53 Å².